The highest BCUT2D eigenvalue weighted by Gasteiger charge is 2.44. The molecule has 0 aromatic heterocycles. The van der Waals surface area contributed by atoms with Gasteiger partial charge in [-0.05, 0) is 24.4 Å². The third-order valence-corrected chi connectivity index (χ3v) is 7.89. The Bertz CT molecular complexity index is 517. The predicted molar refractivity (Wildman–Crippen MR) is 106 cm³/mol. The molecule has 1 aliphatic rings. The van der Waals surface area contributed by atoms with Crippen LogP contribution in [0, 0.1) is 5.92 Å². The average Bonchev–Trinajstić information content (AvgIpc) is 2.45. The summed E-state index contributed by atoms with van der Waals surface area (Å²) in [5, 5.41) is 0. The van der Waals surface area contributed by atoms with Gasteiger partial charge in [-0.15, -0.1) is 0 Å². The Labute approximate surface area is 161 Å². The molecule has 1 heterocycles. The van der Waals surface area contributed by atoms with Crippen molar-refractivity contribution in [2.45, 2.75) is 67.7 Å². The standard InChI is InChI=1S/C18H27Cl3O2Si/c1-13(2)16-10-15(22-17(23-16)18(19,20)21)12-24(3,4)11-14-8-6-5-7-9-14/h5-9,13,15-17H,10-12H2,1-4H3. The van der Waals surface area contributed by atoms with Gasteiger partial charge in [0, 0.05) is 0 Å². The zero-order valence-electron chi connectivity index (χ0n) is 14.8. The Morgan fingerprint density at radius 3 is 2.29 bits per heavy atom. The van der Waals surface area contributed by atoms with E-state index >= 15 is 0 Å². The minimum atomic E-state index is -1.56. The second-order valence-electron chi connectivity index (χ2n) is 7.82. The molecule has 1 aliphatic heterocycles. The van der Waals surface area contributed by atoms with Crippen LogP contribution in [0.1, 0.15) is 25.8 Å². The molecule has 136 valence electrons. The van der Waals surface area contributed by atoms with E-state index in [9.17, 15) is 0 Å². The fourth-order valence-electron chi connectivity index (χ4n) is 3.29. The maximum atomic E-state index is 6.04. The molecular formula is C18H27Cl3O2Si. The first kappa shape index (κ1) is 20.5. The van der Waals surface area contributed by atoms with Crippen LogP contribution in [-0.4, -0.2) is 30.4 Å². The van der Waals surface area contributed by atoms with Crippen molar-refractivity contribution in [1.82, 2.24) is 0 Å². The molecule has 1 aromatic carbocycles. The van der Waals surface area contributed by atoms with E-state index in [1.54, 1.807) is 0 Å². The van der Waals surface area contributed by atoms with E-state index < -0.39 is 18.2 Å². The highest BCUT2D eigenvalue weighted by atomic mass is 35.6. The van der Waals surface area contributed by atoms with Crippen molar-refractivity contribution < 1.29 is 9.47 Å². The first-order valence-corrected chi connectivity index (χ1v) is 13.0. The van der Waals surface area contributed by atoms with E-state index in [0.717, 1.165) is 18.5 Å². The number of hydrogen-bond acceptors (Lipinski definition) is 2. The third kappa shape index (κ3) is 6.19. The van der Waals surface area contributed by atoms with Crippen LogP contribution in [0.2, 0.25) is 19.1 Å². The van der Waals surface area contributed by atoms with Gasteiger partial charge in [0.15, 0.2) is 0 Å². The van der Waals surface area contributed by atoms with Gasteiger partial charge in [0.1, 0.15) is 0 Å². The molecule has 0 bridgehead atoms. The lowest BCUT2D eigenvalue weighted by Crippen LogP contribution is -2.48. The Morgan fingerprint density at radius 1 is 1.12 bits per heavy atom. The van der Waals surface area contributed by atoms with E-state index in [1.807, 2.05) is 0 Å². The van der Waals surface area contributed by atoms with E-state index in [-0.39, 0.29) is 12.2 Å². The van der Waals surface area contributed by atoms with Crippen LogP contribution < -0.4 is 0 Å². The normalized spacial score (nSPS) is 25.9. The Hall–Kier alpha value is 0.227. The molecule has 0 N–H and O–H groups in total. The van der Waals surface area contributed by atoms with Gasteiger partial charge >= 0.3 is 0 Å². The molecule has 0 aliphatic carbocycles. The topological polar surface area (TPSA) is 18.5 Å². The van der Waals surface area contributed by atoms with Gasteiger partial charge in [-0.25, -0.2) is 0 Å². The number of ether oxygens (including phenoxy) is 2. The fraction of sp³-hybridized carbons (Fsp3) is 0.667. The predicted octanol–water partition coefficient (Wildman–Crippen LogP) is 6.00. The number of hydrogen-bond donors (Lipinski definition) is 0. The van der Waals surface area contributed by atoms with Crippen molar-refractivity contribution in [3.8, 4) is 0 Å². The lowest BCUT2D eigenvalue weighted by molar-refractivity contribution is -0.244. The van der Waals surface area contributed by atoms with E-state index in [1.165, 1.54) is 5.56 Å². The highest BCUT2D eigenvalue weighted by Crippen LogP contribution is 2.40. The van der Waals surface area contributed by atoms with Crippen LogP contribution in [0.3, 0.4) is 0 Å². The van der Waals surface area contributed by atoms with Crippen LogP contribution >= 0.6 is 34.8 Å². The molecule has 6 heteroatoms. The van der Waals surface area contributed by atoms with Crippen LogP contribution in [0.15, 0.2) is 30.3 Å². The maximum Gasteiger partial charge on any atom is 0.240 e. The van der Waals surface area contributed by atoms with Crippen LogP contribution in [0.25, 0.3) is 0 Å². The Morgan fingerprint density at radius 2 is 1.75 bits per heavy atom. The maximum absolute atomic E-state index is 6.04. The van der Waals surface area contributed by atoms with Crippen molar-refractivity contribution in [2.24, 2.45) is 5.92 Å². The van der Waals surface area contributed by atoms with Crippen LogP contribution in [-0.2, 0) is 15.5 Å². The van der Waals surface area contributed by atoms with Gasteiger partial charge in [-0.3, -0.25) is 0 Å². The van der Waals surface area contributed by atoms with Crippen molar-refractivity contribution in [2.75, 3.05) is 0 Å². The van der Waals surface area contributed by atoms with Gasteiger partial charge in [0.25, 0.3) is 0 Å². The lowest BCUT2D eigenvalue weighted by Gasteiger charge is -2.42. The van der Waals surface area contributed by atoms with Gasteiger partial charge < -0.3 is 9.47 Å². The molecule has 0 spiro atoms. The molecule has 2 nitrogen and oxygen atoms in total. The first-order valence-electron chi connectivity index (χ1n) is 8.48. The van der Waals surface area contributed by atoms with Crippen molar-refractivity contribution in [1.29, 1.82) is 0 Å². The molecule has 0 amide bonds. The fourth-order valence-corrected chi connectivity index (χ4v) is 6.58. The number of rotatable bonds is 5. The van der Waals surface area contributed by atoms with E-state index in [4.69, 9.17) is 44.3 Å². The highest BCUT2D eigenvalue weighted by molar-refractivity contribution is 6.77. The summed E-state index contributed by atoms with van der Waals surface area (Å²) in [5.41, 5.74) is 1.39. The summed E-state index contributed by atoms with van der Waals surface area (Å²) < 4.78 is 10.3. The van der Waals surface area contributed by atoms with Gasteiger partial charge in [-0.1, -0.05) is 97.6 Å². The molecule has 0 saturated carbocycles. The average molecular weight is 410 g/mol. The lowest BCUT2D eigenvalue weighted by atomic mass is 10.0. The summed E-state index contributed by atoms with van der Waals surface area (Å²) in [5.74, 6) is 0.366. The van der Waals surface area contributed by atoms with Crippen LogP contribution in [0.5, 0.6) is 0 Å². The molecule has 24 heavy (non-hydrogen) atoms. The molecule has 1 fully saturated rings. The second kappa shape index (κ2) is 8.28. The minimum absolute atomic E-state index is 0.0610. The van der Waals surface area contributed by atoms with Crippen LogP contribution in [0.4, 0.5) is 0 Å². The van der Waals surface area contributed by atoms with Gasteiger partial charge in [-0.2, -0.15) is 0 Å². The number of halogens is 3. The summed E-state index contributed by atoms with van der Waals surface area (Å²) >= 11 is 18.1. The van der Waals surface area contributed by atoms with E-state index in [2.05, 4.69) is 57.3 Å². The quantitative estimate of drug-likeness (QED) is 0.438. The molecule has 3 unspecified atom stereocenters. The Balaban J connectivity index is 2.05. The number of alkyl halides is 3. The van der Waals surface area contributed by atoms with Crippen molar-refractivity contribution >= 4 is 42.9 Å². The molecule has 2 rings (SSSR count). The zero-order chi connectivity index (χ0) is 18.0. The third-order valence-electron chi connectivity index (χ3n) is 4.43. The minimum Gasteiger partial charge on any atom is -0.345 e. The smallest absolute Gasteiger partial charge is 0.240 e. The van der Waals surface area contributed by atoms with E-state index in [0.29, 0.717) is 5.92 Å². The molecule has 3 atom stereocenters. The first-order chi connectivity index (χ1) is 11.1. The summed E-state index contributed by atoms with van der Waals surface area (Å²) in [4.78, 5) is 0. The number of benzene rings is 1. The molecule has 1 saturated heterocycles. The monoisotopic (exact) mass is 408 g/mol. The van der Waals surface area contributed by atoms with Gasteiger partial charge in [0.05, 0.1) is 20.3 Å². The summed E-state index contributed by atoms with van der Waals surface area (Å²) in [7, 11) is -1.49. The summed E-state index contributed by atoms with van der Waals surface area (Å²) in [6, 6.07) is 12.8. The summed E-state index contributed by atoms with van der Waals surface area (Å²) in [6.45, 7) is 9.06. The second-order valence-corrected chi connectivity index (χ2v) is 15.3. The largest absolute Gasteiger partial charge is 0.345 e. The van der Waals surface area contributed by atoms with Gasteiger partial charge in [0.2, 0.25) is 10.1 Å². The SMILES string of the molecule is CC(C)C1CC(C[Si](C)(C)Cc2ccccc2)OC(C(Cl)(Cl)Cl)O1. The zero-order valence-corrected chi connectivity index (χ0v) is 18.0. The molecular weight excluding hydrogens is 383 g/mol. The van der Waals surface area contributed by atoms with Crippen molar-refractivity contribution in [3.05, 3.63) is 35.9 Å². The summed E-state index contributed by atoms with van der Waals surface area (Å²) in [6.07, 6.45) is 0.207. The van der Waals surface area contributed by atoms with Crippen molar-refractivity contribution in [3.63, 3.8) is 0 Å². The Kier molecular flexibility index (Phi) is 7.09. The molecule has 0 radical (unpaired) electrons. The molecule has 1 aromatic rings.